The van der Waals surface area contributed by atoms with Gasteiger partial charge in [-0.3, -0.25) is 9.78 Å². The second kappa shape index (κ2) is 5.72. The Morgan fingerprint density at radius 1 is 1.47 bits per heavy atom. The minimum Gasteiger partial charge on any atom is -0.351 e. The first-order chi connectivity index (χ1) is 8.27. The summed E-state index contributed by atoms with van der Waals surface area (Å²) in [7, 11) is 0. The van der Waals surface area contributed by atoms with E-state index in [2.05, 4.69) is 15.2 Å². The lowest BCUT2D eigenvalue weighted by molar-refractivity contribution is 0.0945. The predicted molar refractivity (Wildman–Crippen MR) is 62.2 cm³/mol. The molecule has 4 nitrogen and oxygen atoms in total. The summed E-state index contributed by atoms with van der Waals surface area (Å²) < 4.78 is 13.2. The number of carbonyl (C=O) groups excluding carboxylic acids is 1. The largest absolute Gasteiger partial charge is 0.351 e. The normalized spacial score (nSPS) is 16.1. The Balaban J connectivity index is 1.79. The number of likely N-dealkylation sites (tertiary alicyclic amines) is 1. The highest BCUT2D eigenvalue weighted by molar-refractivity contribution is 5.94. The van der Waals surface area contributed by atoms with Gasteiger partial charge in [-0.05, 0) is 32.0 Å². The van der Waals surface area contributed by atoms with Gasteiger partial charge in [-0.2, -0.15) is 0 Å². The van der Waals surface area contributed by atoms with Crippen molar-refractivity contribution in [2.45, 2.75) is 12.8 Å². The third-order valence-electron chi connectivity index (χ3n) is 2.93. The third kappa shape index (κ3) is 3.23. The summed E-state index contributed by atoms with van der Waals surface area (Å²) in [5, 5.41) is 2.72. The number of amides is 1. The van der Waals surface area contributed by atoms with Gasteiger partial charge in [-0.25, -0.2) is 4.39 Å². The molecule has 0 radical (unpaired) electrons. The van der Waals surface area contributed by atoms with E-state index in [1.54, 1.807) is 0 Å². The fourth-order valence-electron chi connectivity index (χ4n) is 1.99. The minimum absolute atomic E-state index is 0.0569. The van der Waals surface area contributed by atoms with Crippen LogP contribution in [0.2, 0.25) is 0 Å². The lowest BCUT2D eigenvalue weighted by atomic mass is 10.2. The van der Waals surface area contributed by atoms with E-state index in [0.717, 1.165) is 25.8 Å². The van der Waals surface area contributed by atoms with E-state index in [9.17, 15) is 9.18 Å². The highest BCUT2D eigenvalue weighted by atomic mass is 19.1. The van der Waals surface area contributed by atoms with E-state index in [1.807, 2.05) is 0 Å². The van der Waals surface area contributed by atoms with E-state index in [1.165, 1.54) is 25.1 Å². The van der Waals surface area contributed by atoms with Crippen LogP contribution in [-0.2, 0) is 0 Å². The fraction of sp³-hybridized carbons (Fsp3) is 0.500. The molecule has 92 valence electrons. The second-order valence-corrected chi connectivity index (χ2v) is 4.16. The first-order valence-corrected chi connectivity index (χ1v) is 5.87. The molecule has 1 saturated heterocycles. The number of rotatable bonds is 4. The van der Waals surface area contributed by atoms with Crippen molar-refractivity contribution in [3.8, 4) is 0 Å². The number of aromatic nitrogens is 1. The quantitative estimate of drug-likeness (QED) is 0.851. The number of halogens is 1. The van der Waals surface area contributed by atoms with Gasteiger partial charge in [-0.15, -0.1) is 0 Å². The van der Waals surface area contributed by atoms with Gasteiger partial charge in [0.15, 0.2) is 5.82 Å². The number of carbonyl (C=O) groups is 1. The van der Waals surface area contributed by atoms with E-state index in [-0.39, 0.29) is 11.5 Å². The molecular formula is C12H16FN3O. The fourth-order valence-corrected chi connectivity index (χ4v) is 1.99. The number of pyridine rings is 1. The summed E-state index contributed by atoms with van der Waals surface area (Å²) >= 11 is 0. The number of nitrogens with zero attached hydrogens (tertiary/aromatic N) is 2. The molecule has 1 amide bonds. The SMILES string of the molecule is O=C(NCCN1CCCC1)c1ccncc1F. The molecule has 5 heteroatoms. The maximum absolute atomic E-state index is 13.2. The van der Waals surface area contributed by atoms with Crippen molar-refractivity contribution in [2.24, 2.45) is 0 Å². The smallest absolute Gasteiger partial charge is 0.254 e. The number of hydrogen-bond acceptors (Lipinski definition) is 3. The number of nitrogens with one attached hydrogen (secondary N) is 1. The van der Waals surface area contributed by atoms with Crippen molar-refractivity contribution < 1.29 is 9.18 Å². The molecule has 0 bridgehead atoms. The van der Waals surface area contributed by atoms with Gasteiger partial charge in [0.05, 0.1) is 11.8 Å². The molecule has 0 aromatic carbocycles. The van der Waals surface area contributed by atoms with Crippen molar-refractivity contribution in [1.82, 2.24) is 15.2 Å². The van der Waals surface area contributed by atoms with Crippen LogP contribution in [0.1, 0.15) is 23.2 Å². The van der Waals surface area contributed by atoms with Gasteiger partial charge in [0, 0.05) is 19.3 Å². The molecule has 17 heavy (non-hydrogen) atoms. The standard InChI is InChI=1S/C12H16FN3O/c13-11-9-14-4-3-10(11)12(17)15-5-8-16-6-1-2-7-16/h3-4,9H,1-2,5-8H2,(H,15,17). The summed E-state index contributed by atoms with van der Waals surface area (Å²) in [6.07, 6.45) is 4.92. The second-order valence-electron chi connectivity index (χ2n) is 4.16. The van der Waals surface area contributed by atoms with E-state index >= 15 is 0 Å². The molecule has 1 N–H and O–H groups in total. The van der Waals surface area contributed by atoms with Crippen molar-refractivity contribution in [3.63, 3.8) is 0 Å². The molecule has 1 aromatic heterocycles. The first kappa shape index (κ1) is 12.0. The summed E-state index contributed by atoms with van der Waals surface area (Å²) in [6.45, 7) is 3.58. The first-order valence-electron chi connectivity index (χ1n) is 5.87. The van der Waals surface area contributed by atoms with Gasteiger partial charge in [0.25, 0.3) is 5.91 Å². The lowest BCUT2D eigenvalue weighted by Crippen LogP contribution is -2.33. The van der Waals surface area contributed by atoms with Gasteiger partial charge >= 0.3 is 0 Å². The molecule has 1 fully saturated rings. The van der Waals surface area contributed by atoms with Gasteiger partial charge in [0.1, 0.15) is 0 Å². The van der Waals surface area contributed by atoms with E-state index in [0.29, 0.717) is 6.54 Å². The molecule has 2 rings (SSSR count). The Kier molecular flexibility index (Phi) is 4.03. The van der Waals surface area contributed by atoms with E-state index in [4.69, 9.17) is 0 Å². The van der Waals surface area contributed by atoms with Crippen molar-refractivity contribution in [1.29, 1.82) is 0 Å². The van der Waals surface area contributed by atoms with Crippen LogP contribution in [0.3, 0.4) is 0 Å². The maximum Gasteiger partial charge on any atom is 0.254 e. The van der Waals surface area contributed by atoms with Crippen LogP contribution in [0.25, 0.3) is 0 Å². The Labute approximate surface area is 99.8 Å². The molecule has 0 aliphatic carbocycles. The lowest BCUT2D eigenvalue weighted by Gasteiger charge is -2.14. The molecule has 1 aliphatic rings. The molecule has 2 heterocycles. The minimum atomic E-state index is -0.578. The molecular weight excluding hydrogens is 221 g/mol. The number of hydrogen-bond donors (Lipinski definition) is 1. The van der Waals surface area contributed by atoms with Crippen LogP contribution >= 0.6 is 0 Å². The van der Waals surface area contributed by atoms with Crippen LogP contribution in [0.5, 0.6) is 0 Å². The molecule has 1 aliphatic heterocycles. The maximum atomic E-state index is 13.2. The highest BCUT2D eigenvalue weighted by Crippen LogP contribution is 2.06. The zero-order valence-electron chi connectivity index (χ0n) is 9.66. The van der Waals surface area contributed by atoms with Crippen LogP contribution < -0.4 is 5.32 Å². The Morgan fingerprint density at radius 3 is 2.94 bits per heavy atom. The van der Waals surface area contributed by atoms with Gasteiger partial charge < -0.3 is 10.2 Å². The zero-order chi connectivity index (χ0) is 12.1. The Morgan fingerprint density at radius 2 is 2.24 bits per heavy atom. The topological polar surface area (TPSA) is 45.2 Å². The van der Waals surface area contributed by atoms with Crippen LogP contribution in [0, 0.1) is 5.82 Å². The van der Waals surface area contributed by atoms with Crippen LogP contribution in [0.15, 0.2) is 18.5 Å². The van der Waals surface area contributed by atoms with Crippen LogP contribution in [0.4, 0.5) is 4.39 Å². The zero-order valence-corrected chi connectivity index (χ0v) is 9.66. The predicted octanol–water partition coefficient (Wildman–Crippen LogP) is 1.05. The summed E-state index contributed by atoms with van der Waals surface area (Å²) in [5.41, 5.74) is 0.0569. The highest BCUT2D eigenvalue weighted by Gasteiger charge is 2.13. The average molecular weight is 237 g/mol. The van der Waals surface area contributed by atoms with Crippen molar-refractivity contribution >= 4 is 5.91 Å². The third-order valence-corrected chi connectivity index (χ3v) is 2.93. The molecule has 0 atom stereocenters. The molecule has 0 spiro atoms. The Bertz CT molecular complexity index is 391. The van der Waals surface area contributed by atoms with Gasteiger partial charge in [-0.1, -0.05) is 0 Å². The van der Waals surface area contributed by atoms with Crippen molar-refractivity contribution in [3.05, 3.63) is 29.8 Å². The summed E-state index contributed by atoms with van der Waals surface area (Å²) in [4.78, 5) is 17.5. The van der Waals surface area contributed by atoms with E-state index < -0.39 is 5.82 Å². The molecule has 0 unspecified atom stereocenters. The van der Waals surface area contributed by atoms with Gasteiger partial charge in [0.2, 0.25) is 0 Å². The monoisotopic (exact) mass is 237 g/mol. The summed E-state index contributed by atoms with van der Waals surface area (Å²) in [6, 6.07) is 1.39. The Hall–Kier alpha value is -1.49. The van der Waals surface area contributed by atoms with Crippen LogP contribution in [-0.4, -0.2) is 42.0 Å². The molecule has 1 aromatic rings. The van der Waals surface area contributed by atoms with Crippen molar-refractivity contribution in [2.75, 3.05) is 26.2 Å². The average Bonchev–Trinajstić information content (AvgIpc) is 2.82. The summed E-state index contributed by atoms with van der Waals surface area (Å²) in [5.74, 6) is -0.949. The molecule has 0 saturated carbocycles.